The number of carbonyl (C=O) groups is 2. The number of hydrogen-bond acceptors (Lipinski definition) is 2. The van der Waals surface area contributed by atoms with Crippen molar-refractivity contribution >= 4 is 11.8 Å². The Labute approximate surface area is 205 Å². The average molecular weight is 487 g/mol. The molecule has 0 N–H and O–H groups in total. The molecule has 4 rings (SSSR count). The highest BCUT2D eigenvalue weighted by molar-refractivity contribution is 5.80. The monoisotopic (exact) mass is 486 g/mol. The molecule has 0 bridgehead atoms. The van der Waals surface area contributed by atoms with Crippen LogP contribution in [0.3, 0.4) is 0 Å². The lowest BCUT2D eigenvalue weighted by atomic mass is 9.82. The molecule has 2 aromatic carbocycles. The zero-order chi connectivity index (χ0) is 25.2. The molecule has 2 aromatic rings. The maximum absolute atomic E-state index is 13.4. The second-order valence-corrected chi connectivity index (χ2v) is 9.97. The normalized spacial score (nSPS) is 23.3. The van der Waals surface area contributed by atoms with Crippen molar-refractivity contribution in [3.63, 3.8) is 0 Å². The molecule has 2 aliphatic rings. The van der Waals surface area contributed by atoms with Crippen LogP contribution in [-0.4, -0.2) is 41.2 Å². The molecule has 0 spiro atoms. The fraction of sp³-hybridized carbons (Fsp3) is 0.500. The first-order chi connectivity index (χ1) is 16.6. The van der Waals surface area contributed by atoms with Gasteiger partial charge in [0.25, 0.3) is 0 Å². The maximum atomic E-state index is 13.4. The average Bonchev–Trinajstić information content (AvgIpc) is 3.21. The molecule has 2 amide bonds. The van der Waals surface area contributed by atoms with E-state index in [1.807, 2.05) is 17.0 Å². The third-order valence-electron chi connectivity index (χ3n) is 7.60. The first kappa shape index (κ1) is 25.3. The number of amides is 2. The number of aryl methyl sites for hydroxylation is 1. The van der Waals surface area contributed by atoms with Gasteiger partial charge in [-0.05, 0) is 67.9 Å². The summed E-state index contributed by atoms with van der Waals surface area (Å²) < 4.78 is 39.3. The molecule has 0 saturated carbocycles. The van der Waals surface area contributed by atoms with E-state index in [2.05, 4.69) is 19.1 Å². The number of carbonyl (C=O) groups excluding carboxylic acids is 2. The summed E-state index contributed by atoms with van der Waals surface area (Å²) in [4.78, 5) is 29.6. The molecule has 3 atom stereocenters. The van der Waals surface area contributed by atoms with Crippen LogP contribution in [0.25, 0.3) is 0 Å². The minimum Gasteiger partial charge on any atom is -0.341 e. The summed E-state index contributed by atoms with van der Waals surface area (Å²) in [5, 5.41) is 0. The summed E-state index contributed by atoms with van der Waals surface area (Å²) in [6, 6.07) is 13.6. The van der Waals surface area contributed by atoms with Gasteiger partial charge in [0.2, 0.25) is 11.8 Å². The highest BCUT2D eigenvalue weighted by atomic mass is 19.4. The number of halogens is 3. The lowest BCUT2D eigenvalue weighted by Gasteiger charge is -2.32. The van der Waals surface area contributed by atoms with E-state index < -0.39 is 11.7 Å². The van der Waals surface area contributed by atoms with Crippen molar-refractivity contribution in [2.45, 2.75) is 70.1 Å². The number of rotatable bonds is 4. The first-order valence-corrected chi connectivity index (χ1v) is 12.4. The zero-order valence-electron chi connectivity index (χ0n) is 20.4. The molecule has 4 nitrogen and oxygen atoms in total. The molecule has 0 aliphatic carbocycles. The Morgan fingerprint density at radius 2 is 1.83 bits per heavy atom. The maximum Gasteiger partial charge on any atom is 0.416 e. The minimum atomic E-state index is -4.41. The lowest BCUT2D eigenvalue weighted by Crippen LogP contribution is -2.37. The van der Waals surface area contributed by atoms with Crippen molar-refractivity contribution in [2.75, 3.05) is 13.6 Å². The van der Waals surface area contributed by atoms with Gasteiger partial charge in [0.1, 0.15) is 0 Å². The topological polar surface area (TPSA) is 40.6 Å². The summed E-state index contributed by atoms with van der Waals surface area (Å²) in [5.41, 5.74) is 2.19. The van der Waals surface area contributed by atoms with Gasteiger partial charge in [-0.15, -0.1) is 0 Å². The summed E-state index contributed by atoms with van der Waals surface area (Å²) >= 11 is 0. The number of hydrogen-bond donors (Lipinski definition) is 0. The Morgan fingerprint density at radius 3 is 2.57 bits per heavy atom. The summed E-state index contributed by atoms with van der Waals surface area (Å²) in [6.45, 7) is 2.87. The largest absolute Gasteiger partial charge is 0.416 e. The van der Waals surface area contributed by atoms with Crippen LogP contribution < -0.4 is 0 Å². The first-order valence-electron chi connectivity index (χ1n) is 12.4. The van der Waals surface area contributed by atoms with Gasteiger partial charge in [-0.3, -0.25) is 9.59 Å². The van der Waals surface area contributed by atoms with E-state index in [1.165, 1.54) is 17.2 Å². The highest BCUT2D eigenvalue weighted by Crippen LogP contribution is 2.39. The van der Waals surface area contributed by atoms with Crippen LogP contribution in [0.5, 0.6) is 0 Å². The van der Waals surface area contributed by atoms with Crippen molar-refractivity contribution in [3.05, 3.63) is 70.8 Å². The van der Waals surface area contributed by atoms with Crippen LogP contribution in [0, 0.1) is 12.8 Å². The third kappa shape index (κ3) is 5.71. The highest BCUT2D eigenvalue weighted by Gasteiger charge is 2.39. The van der Waals surface area contributed by atoms with Gasteiger partial charge < -0.3 is 9.80 Å². The molecule has 7 heteroatoms. The van der Waals surface area contributed by atoms with E-state index in [4.69, 9.17) is 0 Å². The van der Waals surface area contributed by atoms with E-state index in [9.17, 15) is 22.8 Å². The second-order valence-electron chi connectivity index (χ2n) is 9.97. The molecule has 2 fully saturated rings. The Kier molecular flexibility index (Phi) is 7.53. The van der Waals surface area contributed by atoms with Crippen molar-refractivity contribution in [3.8, 4) is 0 Å². The van der Waals surface area contributed by atoms with Crippen LogP contribution in [0.1, 0.15) is 66.7 Å². The molecule has 0 aromatic heterocycles. The molecular weight excluding hydrogens is 453 g/mol. The molecule has 3 unspecified atom stereocenters. The minimum absolute atomic E-state index is 0.0423. The van der Waals surface area contributed by atoms with Gasteiger partial charge in [0.05, 0.1) is 5.56 Å². The number of nitrogens with zero attached hydrogens (tertiary/aromatic N) is 2. The van der Waals surface area contributed by atoms with Crippen molar-refractivity contribution in [2.24, 2.45) is 5.92 Å². The summed E-state index contributed by atoms with van der Waals surface area (Å²) in [5.74, 6) is 0.108. The van der Waals surface area contributed by atoms with Gasteiger partial charge >= 0.3 is 6.18 Å². The fourth-order valence-corrected chi connectivity index (χ4v) is 5.81. The lowest BCUT2D eigenvalue weighted by molar-refractivity contribution is -0.137. The van der Waals surface area contributed by atoms with E-state index in [1.54, 1.807) is 18.0 Å². The summed E-state index contributed by atoms with van der Waals surface area (Å²) in [6.07, 6.45) is -0.0808. The quantitative estimate of drug-likeness (QED) is 0.537. The van der Waals surface area contributed by atoms with Crippen LogP contribution in [0.2, 0.25) is 0 Å². The van der Waals surface area contributed by atoms with Crippen molar-refractivity contribution in [1.82, 2.24) is 9.80 Å². The van der Waals surface area contributed by atoms with E-state index in [0.29, 0.717) is 31.4 Å². The molecule has 2 heterocycles. The van der Waals surface area contributed by atoms with Gasteiger partial charge in [0.15, 0.2) is 0 Å². The molecule has 0 radical (unpaired) electrons. The molecular formula is C28H33F3N2O2. The Hall–Kier alpha value is -2.83. The van der Waals surface area contributed by atoms with Gasteiger partial charge in [0, 0.05) is 44.4 Å². The van der Waals surface area contributed by atoms with E-state index >= 15 is 0 Å². The second kappa shape index (κ2) is 10.4. The smallest absolute Gasteiger partial charge is 0.341 e. The zero-order valence-corrected chi connectivity index (χ0v) is 20.4. The summed E-state index contributed by atoms with van der Waals surface area (Å²) in [7, 11) is 1.66. The standard InChI is InChI=1S/C28H33F3N2O2/c1-19-7-3-4-11-23(19)24-13-12-21(9-6-16-33-25(24)14-15-26(33)34)27(35)32(2)18-20-8-5-10-22(17-20)28(29,30)31/h3-5,7-8,10-11,17,21,24-25H,6,9,12-16,18H2,1-2H3. The molecule has 2 saturated heterocycles. The van der Waals surface area contributed by atoms with Crippen LogP contribution >= 0.6 is 0 Å². The molecule has 2 aliphatic heterocycles. The van der Waals surface area contributed by atoms with Crippen molar-refractivity contribution < 1.29 is 22.8 Å². The Balaban J connectivity index is 1.51. The predicted molar refractivity (Wildman–Crippen MR) is 129 cm³/mol. The van der Waals surface area contributed by atoms with Crippen molar-refractivity contribution in [1.29, 1.82) is 0 Å². The third-order valence-corrected chi connectivity index (χ3v) is 7.60. The number of fused-ring (bicyclic) bond motifs is 1. The van der Waals surface area contributed by atoms with Gasteiger partial charge in [-0.25, -0.2) is 0 Å². The number of alkyl halides is 3. The predicted octanol–water partition coefficient (Wildman–Crippen LogP) is 5.94. The van der Waals surface area contributed by atoms with Crippen LogP contribution in [0.4, 0.5) is 13.2 Å². The fourth-order valence-electron chi connectivity index (χ4n) is 5.81. The van der Waals surface area contributed by atoms with Crippen LogP contribution in [0.15, 0.2) is 48.5 Å². The van der Waals surface area contributed by atoms with Crippen LogP contribution in [-0.2, 0) is 22.3 Å². The van der Waals surface area contributed by atoms with E-state index in [-0.39, 0.29) is 36.2 Å². The Bertz CT molecular complexity index is 1070. The number of benzene rings is 2. The molecule has 188 valence electrons. The SMILES string of the molecule is Cc1ccccc1C1CCC(C(=O)N(C)Cc2cccc(C(F)(F)F)c2)CCCN2C(=O)CCC12. The van der Waals surface area contributed by atoms with Gasteiger partial charge in [-0.2, -0.15) is 13.2 Å². The van der Waals surface area contributed by atoms with E-state index in [0.717, 1.165) is 31.4 Å². The molecule has 35 heavy (non-hydrogen) atoms. The Morgan fingerprint density at radius 1 is 1.06 bits per heavy atom. The van der Waals surface area contributed by atoms with Gasteiger partial charge in [-0.1, -0.05) is 36.4 Å².